The van der Waals surface area contributed by atoms with Crippen LogP contribution in [0.25, 0.3) is 6.08 Å². The number of nitrogens with one attached hydrogen (secondary N) is 2. The number of benzene rings is 1. The van der Waals surface area contributed by atoms with Crippen LogP contribution in [0.4, 0.5) is 0 Å². The fraction of sp³-hybridized carbons (Fsp3) is 0.368. The number of rotatable bonds is 10. The molecule has 0 saturated carbocycles. The molecule has 2 N–H and O–H groups in total. The van der Waals surface area contributed by atoms with E-state index in [-0.39, 0.29) is 12.8 Å². The maximum atomic E-state index is 9.33. The molecule has 1 unspecified atom stereocenters. The number of hydrogen-bond donors (Lipinski definition) is 2. The molecule has 0 aliphatic rings. The van der Waals surface area contributed by atoms with Gasteiger partial charge < -0.3 is 19.8 Å². The number of nitriles is 1. The molecule has 2 aromatic rings. The quantitative estimate of drug-likeness (QED) is 0.511. The normalized spacial score (nSPS) is 12.6. The Balaban J connectivity index is 2.01. The first-order chi connectivity index (χ1) is 12.3. The van der Waals surface area contributed by atoms with Crippen molar-refractivity contribution in [3.63, 3.8) is 0 Å². The molecule has 132 valence electrons. The van der Waals surface area contributed by atoms with Gasteiger partial charge in [0.2, 0.25) is 0 Å². The summed E-state index contributed by atoms with van der Waals surface area (Å²) in [4.78, 5) is 7.10. The molecule has 0 aliphatic carbocycles. The second-order valence-electron chi connectivity index (χ2n) is 5.60. The summed E-state index contributed by atoms with van der Waals surface area (Å²) in [5.74, 6) is 1.46. The molecule has 6 heteroatoms. The average Bonchev–Trinajstić information content (AvgIpc) is 3.16. The fourth-order valence-corrected chi connectivity index (χ4v) is 2.48. The van der Waals surface area contributed by atoms with E-state index in [0.29, 0.717) is 17.9 Å². The fourth-order valence-electron chi connectivity index (χ4n) is 2.48. The highest BCUT2D eigenvalue weighted by atomic mass is 16.7. The van der Waals surface area contributed by atoms with Crippen molar-refractivity contribution in [2.75, 3.05) is 20.4 Å². The third-order valence-corrected chi connectivity index (χ3v) is 3.72. The van der Waals surface area contributed by atoms with Crippen molar-refractivity contribution in [2.24, 2.45) is 0 Å². The smallest absolute Gasteiger partial charge is 0.188 e. The van der Waals surface area contributed by atoms with Crippen LogP contribution in [-0.2, 0) is 4.74 Å². The molecular formula is C19H24N4O2. The van der Waals surface area contributed by atoms with Crippen molar-refractivity contribution in [3.8, 4) is 11.8 Å². The standard InChI is InChI=1S/C19H24N4O2/c1-3-4-18(16-5-7-17(8-6-16)25-14-24-2)23-13-15(12-20)11-19-21-9-10-22-19/h5-11,18,23H,3-4,13-14H2,1-2H3,(H,21,22)/b15-11+. The molecule has 25 heavy (non-hydrogen) atoms. The molecule has 0 bridgehead atoms. The van der Waals surface area contributed by atoms with E-state index in [1.807, 2.05) is 24.3 Å². The summed E-state index contributed by atoms with van der Waals surface area (Å²) in [5.41, 5.74) is 1.80. The zero-order valence-electron chi connectivity index (χ0n) is 14.7. The van der Waals surface area contributed by atoms with Crippen molar-refractivity contribution in [2.45, 2.75) is 25.8 Å². The SMILES string of the molecule is CCCC(NC/C(C#N)=C/c1ncc[nH]1)c1ccc(OCOC)cc1. The summed E-state index contributed by atoms with van der Waals surface area (Å²) in [5, 5.41) is 12.8. The van der Waals surface area contributed by atoms with Crippen LogP contribution in [0.2, 0.25) is 0 Å². The first-order valence-electron chi connectivity index (χ1n) is 8.32. The number of nitrogens with zero attached hydrogens (tertiary/aromatic N) is 2. The molecule has 0 saturated heterocycles. The third kappa shape index (κ3) is 6.07. The minimum absolute atomic E-state index is 0.176. The van der Waals surface area contributed by atoms with Gasteiger partial charge in [0.15, 0.2) is 6.79 Å². The van der Waals surface area contributed by atoms with Crippen LogP contribution < -0.4 is 10.1 Å². The number of H-pyrrole nitrogens is 1. The van der Waals surface area contributed by atoms with E-state index in [1.165, 1.54) is 5.56 Å². The molecule has 0 aliphatic heterocycles. The lowest BCUT2D eigenvalue weighted by atomic mass is 10.0. The van der Waals surface area contributed by atoms with E-state index in [0.717, 1.165) is 18.6 Å². The van der Waals surface area contributed by atoms with E-state index in [4.69, 9.17) is 9.47 Å². The van der Waals surface area contributed by atoms with Crippen LogP contribution in [0.15, 0.2) is 42.2 Å². The van der Waals surface area contributed by atoms with Gasteiger partial charge in [0, 0.05) is 37.7 Å². The predicted octanol–water partition coefficient (Wildman–Crippen LogP) is 3.43. The van der Waals surface area contributed by atoms with E-state index >= 15 is 0 Å². The molecule has 6 nitrogen and oxygen atoms in total. The van der Waals surface area contributed by atoms with Crippen molar-refractivity contribution >= 4 is 6.08 Å². The molecule has 1 aromatic heterocycles. The lowest BCUT2D eigenvalue weighted by Gasteiger charge is -2.19. The highest BCUT2D eigenvalue weighted by Crippen LogP contribution is 2.22. The third-order valence-electron chi connectivity index (χ3n) is 3.72. The Bertz CT molecular complexity index is 687. The van der Waals surface area contributed by atoms with Crippen LogP contribution in [0.1, 0.15) is 37.2 Å². The number of imidazole rings is 1. The minimum atomic E-state index is 0.176. The summed E-state index contributed by atoms with van der Waals surface area (Å²) in [7, 11) is 1.60. The van der Waals surface area contributed by atoms with Crippen LogP contribution in [-0.4, -0.2) is 30.4 Å². The Hall–Kier alpha value is -2.62. The predicted molar refractivity (Wildman–Crippen MR) is 96.8 cm³/mol. The molecule has 0 amide bonds. The summed E-state index contributed by atoms with van der Waals surface area (Å²) in [6.45, 7) is 2.87. The van der Waals surface area contributed by atoms with Crippen molar-refractivity contribution in [1.82, 2.24) is 15.3 Å². The highest BCUT2D eigenvalue weighted by Gasteiger charge is 2.11. The van der Waals surface area contributed by atoms with E-state index in [9.17, 15) is 5.26 Å². The Kier molecular flexibility index (Phi) is 7.70. The number of hydrogen-bond acceptors (Lipinski definition) is 5. The summed E-state index contributed by atoms with van der Waals surface area (Å²) >= 11 is 0. The number of aromatic nitrogens is 2. The number of ether oxygens (including phenoxy) is 2. The number of aromatic amines is 1. The maximum absolute atomic E-state index is 9.33. The zero-order valence-corrected chi connectivity index (χ0v) is 14.7. The van der Waals surface area contributed by atoms with Gasteiger partial charge >= 0.3 is 0 Å². The largest absolute Gasteiger partial charge is 0.468 e. The van der Waals surface area contributed by atoms with Gasteiger partial charge in [0.05, 0.1) is 6.07 Å². The van der Waals surface area contributed by atoms with Gasteiger partial charge in [-0.05, 0) is 30.2 Å². The second kappa shape index (κ2) is 10.3. The summed E-state index contributed by atoms with van der Waals surface area (Å²) in [6.07, 6.45) is 7.20. The van der Waals surface area contributed by atoms with E-state index < -0.39 is 0 Å². The molecule has 2 rings (SSSR count). The van der Waals surface area contributed by atoms with Gasteiger partial charge in [-0.25, -0.2) is 4.98 Å². The Morgan fingerprint density at radius 1 is 1.40 bits per heavy atom. The van der Waals surface area contributed by atoms with Crippen molar-refractivity contribution in [3.05, 3.63) is 53.6 Å². The topological polar surface area (TPSA) is 83.0 Å². The highest BCUT2D eigenvalue weighted by molar-refractivity contribution is 5.51. The van der Waals surface area contributed by atoms with Gasteiger partial charge in [-0.15, -0.1) is 0 Å². The van der Waals surface area contributed by atoms with Crippen LogP contribution >= 0.6 is 0 Å². The van der Waals surface area contributed by atoms with Crippen molar-refractivity contribution < 1.29 is 9.47 Å². The first kappa shape index (κ1) is 18.7. The Morgan fingerprint density at radius 2 is 2.20 bits per heavy atom. The average molecular weight is 340 g/mol. The van der Waals surface area contributed by atoms with E-state index in [1.54, 1.807) is 25.6 Å². The van der Waals surface area contributed by atoms with Gasteiger partial charge in [-0.1, -0.05) is 25.5 Å². The van der Waals surface area contributed by atoms with E-state index in [2.05, 4.69) is 28.3 Å². The summed E-state index contributed by atoms with van der Waals surface area (Å²) < 4.78 is 10.3. The van der Waals surface area contributed by atoms with Gasteiger partial charge in [-0.3, -0.25) is 0 Å². The molecule has 0 radical (unpaired) electrons. The number of methoxy groups -OCH3 is 1. The van der Waals surface area contributed by atoms with Crippen LogP contribution in [0, 0.1) is 11.3 Å². The van der Waals surface area contributed by atoms with Gasteiger partial charge in [-0.2, -0.15) is 5.26 Å². The lowest BCUT2D eigenvalue weighted by Crippen LogP contribution is -2.23. The second-order valence-corrected chi connectivity index (χ2v) is 5.60. The Labute approximate surface area is 148 Å². The molecule has 0 fully saturated rings. The first-order valence-corrected chi connectivity index (χ1v) is 8.32. The molecule has 0 spiro atoms. The van der Waals surface area contributed by atoms with Gasteiger partial charge in [0.25, 0.3) is 0 Å². The maximum Gasteiger partial charge on any atom is 0.188 e. The molecule has 1 heterocycles. The van der Waals surface area contributed by atoms with Gasteiger partial charge in [0.1, 0.15) is 11.6 Å². The monoisotopic (exact) mass is 340 g/mol. The summed E-state index contributed by atoms with van der Waals surface area (Å²) in [6, 6.07) is 10.4. The zero-order chi connectivity index (χ0) is 17.9. The lowest BCUT2D eigenvalue weighted by molar-refractivity contribution is 0.0511. The van der Waals surface area contributed by atoms with Crippen LogP contribution in [0.3, 0.4) is 0 Å². The Morgan fingerprint density at radius 3 is 2.80 bits per heavy atom. The molecule has 1 atom stereocenters. The van der Waals surface area contributed by atoms with Crippen LogP contribution in [0.5, 0.6) is 5.75 Å². The molecular weight excluding hydrogens is 316 g/mol. The van der Waals surface area contributed by atoms with Crippen molar-refractivity contribution in [1.29, 1.82) is 5.26 Å². The molecule has 1 aromatic carbocycles. The minimum Gasteiger partial charge on any atom is -0.468 e.